The van der Waals surface area contributed by atoms with Crippen LogP contribution in [0.2, 0.25) is 0 Å². The van der Waals surface area contributed by atoms with Crippen LogP contribution in [0, 0.1) is 5.41 Å². The average Bonchev–Trinajstić information content (AvgIpc) is 2.31. The van der Waals surface area contributed by atoms with Crippen LogP contribution in [-0.4, -0.2) is 23.4 Å². The summed E-state index contributed by atoms with van der Waals surface area (Å²) in [5.74, 6) is 0.383. The Morgan fingerprint density at radius 3 is 3.00 bits per heavy atom. The third-order valence-corrected chi connectivity index (χ3v) is 3.12. The van der Waals surface area contributed by atoms with Gasteiger partial charge in [-0.3, -0.25) is 4.79 Å². The van der Waals surface area contributed by atoms with Crippen molar-refractivity contribution in [2.75, 3.05) is 6.54 Å². The van der Waals surface area contributed by atoms with E-state index in [9.17, 15) is 4.79 Å². The summed E-state index contributed by atoms with van der Waals surface area (Å²) in [6.07, 6.45) is 4.41. The van der Waals surface area contributed by atoms with Crippen LogP contribution in [0.1, 0.15) is 39.5 Å². The number of piperidine rings is 1. The molecule has 68 valence electrons. The number of amides is 1. The summed E-state index contributed by atoms with van der Waals surface area (Å²) in [5, 5.41) is 0. The molecule has 12 heavy (non-hydrogen) atoms. The molecule has 2 heterocycles. The molecule has 0 aromatic heterocycles. The van der Waals surface area contributed by atoms with Crippen LogP contribution in [0.5, 0.6) is 0 Å². The molecule has 0 radical (unpaired) electrons. The van der Waals surface area contributed by atoms with Crippen LogP contribution in [0.25, 0.3) is 0 Å². The van der Waals surface area contributed by atoms with Gasteiger partial charge in [0.1, 0.15) is 0 Å². The van der Waals surface area contributed by atoms with Gasteiger partial charge < -0.3 is 4.90 Å². The molecule has 2 aliphatic rings. The fraction of sp³-hybridized carbons (Fsp3) is 0.900. The first-order valence-corrected chi connectivity index (χ1v) is 4.88. The first kappa shape index (κ1) is 8.09. The van der Waals surface area contributed by atoms with E-state index in [4.69, 9.17) is 0 Å². The van der Waals surface area contributed by atoms with Crippen LogP contribution in [0.4, 0.5) is 0 Å². The predicted octanol–water partition coefficient (Wildman–Crippen LogP) is 1.80. The minimum absolute atomic E-state index is 0.253. The molecule has 0 aromatic carbocycles. The van der Waals surface area contributed by atoms with Crippen LogP contribution in [0.15, 0.2) is 0 Å². The first-order chi connectivity index (χ1) is 5.58. The van der Waals surface area contributed by atoms with E-state index < -0.39 is 0 Å². The van der Waals surface area contributed by atoms with E-state index in [1.165, 1.54) is 19.3 Å². The minimum atomic E-state index is 0.253. The molecule has 0 spiro atoms. The van der Waals surface area contributed by atoms with Crippen LogP contribution in [0.3, 0.4) is 0 Å². The lowest BCUT2D eigenvalue weighted by Gasteiger charge is -2.39. The number of hydrogen-bond donors (Lipinski definition) is 0. The van der Waals surface area contributed by atoms with Crippen molar-refractivity contribution in [1.29, 1.82) is 0 Å². The van der Waals surface area contributed by atoms with Gasteiger partial charge in [0.05, 0.1) is 0 Å². The van der Waals surface area contributed by atoms with E-state index in [2.05, 4.69) is 18.7 Å². The van der Waals surface area contributed by atoms with Crippen LogP contribution in [-0.2, 0) is 4.79 Å². The zero-order valence-corrected chi connectivity index (χ0v) is 7.97. The van der Waals surface area contributed by atoms with Crippen LogP contribution < -0.4 is 0 Å². The van der Waals surface area contributed by atoms with Gasteiger partial charge >= 0.3 is 0 Å². The molecule has 0 aromatic rings. The molecule has 0 aliphatic carbocycles. The molecule has 2 rings (SSSR count). The van der Waals surface area contributed by atoms with Crippen LogP contribution >= 0.6 is 0 Å². The number of carbonyl (C=O) groups excluding carboxylic acids is 1. The Morgan fingerprint density at radius 1 is 1.50 bits per heavy atom. The van der Waals surface area contributed by atoms with E-state index in [0.29, 0.717) is 11.9 Å². The molecule has 2 aliphatic heterocycles. The number of fused-ring (bicyclic) bond motifs is 1. The van der Waals surface area contributed by atoms with E-state index in [1.54, 1.807) is 0 Å². The standard InChI is InChI=1S/C10H17NO/c1-10(2)6-8-4-3-5-11(8)9(12)7-10/h8H,3-7H2,1-2H3. The first-order valence-electron chi connectivity index (χ1n) is 4.88. The third kappa shape index (κ3) is 1.23. The Kier molecular flexibility index (Phi) is 1.67. The van der Waals surface area contributed by atoms with Gasteiger partial charge in [0.25, 0.3) is 0 Å². The molecule has 0 N–H and O–H groups in total. The predicted molar refractivity (Wildman–Crippen MR) is 47.8 cm³/mol. The van der Waals surface area contributed by atoms with Crippen molar-refractivity contribution in [2.45, 2.75) is 45.6 Å². The molecule has 2 saturated heterocycles. The fourth-order valence-electron chi connectivity index (χ4n) is 2.60. The monoisotopic (exact) mass is 167 g/mol. The molecule has 1 atom stereocenters. The van der Waals surface area contributed by atoms with Crippen molar-refractivity contribution in [2.24, 2.45) is 5.41 Å². The maximum Gasteiger partial charge on any atom is 0.223 e. The highest BCUT2D eigenvalue weighted by atomic mass is 16.2. The maximum atomic E-state index is 11.6. The zero-order chi connectivity index (χ0) is 8.77. The number of rotatable bonds is 0. The minimum Gasteiger partial charge on any atom is -0.340 e. The summed E-state index contributed by atoms with van der Waals surface area (Å²) >= 11 is 0. The van der Waals surface area contributed by atoms with Gasteiger partial charge in [-0.15, -0.1) is 0 Å². The summed E-state index contributed by atoms with van der Waals surface area (Å²) in [5.41, 5.74) is 0.253. The number of carbonyl (C=O) groups is 1. The highest BCUT2D eigenvalue weighted by Gasteiger charge is 2.40. The van der Waals surface area contributed by atoms with E-state index >= 15 is 0 Å². The molecule has 2 heteroatoms. The summed E-state index contributed by atoms with van der Waals surface area (Å²) in [7, 11) is 0. The zero-order valence-electron chi connectivity index (χ0n) is 7.97. The van der Waals surface area contributed by atoms with Gasteiger partial charge in [-0.25, -0.2) is 0 Å². The van der Waals surface area contributed by atoms with E-state index in [-0.39, 0.29) is 5.41 Å². The van der Waals surface area contributed by atoms with Gasteiger partial charge in [0, 0.05) is 19.0 Å². The lowest BCUT2D eigenvalue weighted by molar-refractivity contribution is -0.138. The second-order valence-electron chi connectivity index (χ2n) is 4.93. The summed E-state index contributed by atoms with van der Waals surface area (Å²) in [6.45, 7) is 5.43. The molecule has 2 nitrogen and oxygen atoms in total. The quantitative estimate of drug-likeness (QED) is 0.538. The Balaban J connectivity index is 2.15. The SMILES string of the molecule is CC1(C)CC(=O)N2CCCC2C1. The largest absolute Gasteiger partial charge is 0.340 e. The second-order valence-corrected chi connectivity index (χ2v) is 4.93. The third-order valence-electron chi connectivity index (χ3n) is 3.12. The van der Waals surface area contributed by atoms with Crippen molar-refractivity contribution in [3.05, 3.63) is 0 Å². The van der Waals surface area contributed by atoms with Gasteiger partial charge in [0.2, 0.25) is 5.91 Å². The molecule has 0 bridgehead atoms. The highest BCUT2D eigenvalue weighted by molar-refractivity contribution is 5.78. The molecule has 2 fully saturated rings. The Bertz CT molecular complexity index is 210. The summed E-state index contributed by atoms with van der Waals surface area (Å²) in [6, 6.07) is 0.571. The van der Waals surface area contributed by atoms with E-state index in [0.717, 1.165) is 13.0 Å². The number of hydrogen-bond acceptors (Lipinski definition) is 1. The normalized spacial score (nSPS) is 33.7. The lowest BCUT2D eigenvalue weighted by atomic mass is 9.78. The van der Waals surface area contributed by atoms with Crippen molar-refractivity contribution in [3.8, 4) is 0 Å². The van der Waals surface area contributed by atoms with Gasteiger partial charge in [-0.05, 0) is 24.7 Å². The Hall–Kier alpha value is -0.530. The van der Waals surface area contributed by atoms with Crippen molar-refractivity contribution < 1.29 is 4.79 Å². The summed E-state index contributed by atoms with van der Waals surface area (Å²) < 4.78 is 0. The van der Waals surface area contributed by atoms with Gasteiger partial charge in [-0.2, -0.15) is 0 Å². The molecule has 1 unspecified atom stereocenters. The fourth-order valence-corrected chi connectivity index (χ4v) is 2.60. The Labute approximate surface area is 73.9 Å². The van der Waals surface area contributed by atoms with Crippen molar-refractivity contribution in [3.63, 3.8) is 0 Å². The summed E-state index contributed by atoms with van der Waals surface area (Å²) in [4.78, 5) is 13.7. The molecule has 1 amide bonds. The average molecular weight is 167 g/mol. The van der Waals surface area contributed by atoms with E-state index in [1.807, 2.05) is 0 Å². The molecular formula is C10H17NO. The lowest BCUT2D eigenvalue weighted by Crippen LogP contribution is -2.45. The highest BCUT2D eigenvalue weighted by Crippen LogP contribution is 2.38. The second kappa shape index (κ2) is 2.48. The Morgan fingerprint density at radius 2 is 2.25 bits per heavy atom. The molecular weight excluding hydrogens is 150 g/mol. The topological polar surface area (TPSA) is 20.3 Å². The smallest absolute Gasteiger partial charge is 0.223 e. The van der Waals surface area contributed by atoms with Gasteiger partial charge in [-0.1, -0.05) is 13.8 Å². The number of nitrogens with zero attached hydrogens (tertiary/aromatic N) is 1. The maximum absolute atomic E-state index is 11.6. The van der Waals surface area contributed by atoms with Crippen molar-refractivity contribution in [1.82, 2.24) is 4.90 Å². The molecule has 0 saturated carbocycles. The van der Waals surface area contributed by atoms with Gasteiger partial charge in [0.15, 0.2) is 0 Å². The van der Waals surface area contributed by atoms with Crippen molar-refractivity contribution >= 4 is 5.91 Å².